The number of aryl methyl sites for hydroxylation is 3. The molecule has 0 atom stereocenters. The van der Waals surface area contributed by atoms with Crippen molar-refractivity contribution in [2.75, 3.05) is 0 Å². The van der Waals surface area contributed by atoms with Gasteiger partial charge in [-0.3, -0.25) is 9.48 Å². The Morgan fingerprint density at radius 2 is 2.05 bits per heavy atom. The fourth-order valence-corrected chi connectivity index (χ4v) is 1.94. The summed E-state index contributed by atoms with van der Waals surface area (Å²) in [7, 11) is 0. The third-order valence-corrected chi connectivity index (χ3v) is 2.91. The molecular weight excluding hydrogens is 242 g/mol. The van der Waals surface area contributed by atoms with Crippen molar-refractivity contribution in [1.29, 1.82) is 0 Å². The second-order valence-corrected chi connectivity index (χ2v) is 4.31. The van der Waals surface area contributed by atoms with E-state index in [1.165, 1.54) is 0 Å². The zero-order valence-electron chi connectivity index (χ0n) is 11.3. The van der Waals surface area contributed by atoms with Crippen molar-refractivity contribution in [1.82, 2.24) is 9.78 Å². The number of amides is 1. The summed E-state index contributed by atoms with van der Waals surface area (Å²) in [6.07, 6.45) is 0. The van der Waals surface area contributed by atoms with E-state index in [9.17, 15) is 4.79 Å². The van der Waals surface area contributed by atoms with Crippen molar-refractivity contribution < 1.29 is 9.53 Å². The lowest BCUT2D eigenvalue weighted by molar-refractivity contribution is 0.0988. The highest BCUT2D eigenvalue weighted by atomic mass is 16.5. The Balaban J connectivity index is 2.48. The largest absolute Gasteiger partial charge is 0.453 e. The maximum atomic E-state index is 11.6. The number of rotatable bonds is 4. The molecule has 0 spiro atoms. The van der Waals surface area contributed by atoms with E-state index in [1.54, 1.807) is 11.6 Å². The summed E-state index contributed by atoms with van der Waals surface area (Å²) in [6.45, 7) is 6.21. The summed E-state index contributed by atoms with van der Waals surface area (Å²) in [6, 6.07) is 7.60. The molecule has 1 aromatic heterocycles. The highest BCUT2D eigenvalue weighted by Gasteiger charge is 2.21. The molecule has 0 fully saturated rings. The van der Waals surface area contributed by atoms with Crippen LogP contribution < -0.4 is 10.5 Å². The highest BCUT2D eigenvalue weighted by molar-refractivity contribution is 5.94. The van der Waals surface area contributed by atoms with E-state index in [1.807, 2.05) is 38.1 Å². The van der Waals surface area contributed by atoms with E-state index < -0.39 is 5.91 Å². The van der Waals surface area contributed by atoms with Gasteiger partial charge in [-0.15, -0.1) is 0 Å². The Kier molecular flexibility index (Phi) is 3.55. The van der Waals surface area contributed by atoms with E-state index in [0.29, 0.717) is 29.4 Å². The fraction of sp³-hybridized carbons (Fsp3) is 0.286. The van der Waals surface area contributed by atoms with Gasteiger partial charge in [0, 0.05) is 6.54 Å². The quantitative estimate of drug-likeness (QED) is 0.916. The molecule has 1 amide bonds. The van der Waals surface area contributed by atoms with Crippen LogP contribution in [0.25, 0.3) is 0 Å². The minimum Gasteiger partial charge on any atom is -0.453 e. The molecular formula is C14H17N3O2. The molecule has 2 rings (SSSR count). The van der Waals surface area contributed by atoms with E-state index >= 15 is 0 Å². The average Bonchev–Trinajstić information content (AvgIpc) is 2.69. The van der Waals surface area contributed by atoms with Gasteiger partial charge in [-0.05, 0) is 32.4 Å². The summed E-state index contributed by atoms with van der Waals surface area (Å²) < 4.78 is 7.39. The Morgan fingerprint density at radius 3 is 2.63 bits per heavy atom. The van der Waals surface area contributed by atoms with E-state index in [2.05, 4.69) is 5.10 Å². The maximum Gasteiger partial charge on any atom is 0.270 e. The number of aromatic nitrogens is 2. The predicted octanol–water partition coefficient (Wildman–Crippen LogP) is 2.41. The minimum atomic E-state index is -0.536. The lowest BCUT2D eigenvalue weighted by Crippen LogP contribution is -2.18. The molecule has 2 aromatic rings. The summed E-state index contributed by atoms with van der Waals surface area (Å²) in [4.78, 5) is 11.6. The average molecular weight is 259 g/mol. The van der Waals surface area contributed by atoms with Crippen LogP contribution in [0.4, 0.5) is 0 Å². The van der Waals surface area contributed by atoms with Crippen LogP contribution in [0.5, 0.6) is 11.5 Å². The number of carbonyl (C=O) groups is 1. The van der Waals surface area contributed by atoms with Gasteiger partial charge in [-0.1, -0.05) is 18.2 Å². The summed E-state index contributed by atoms with van der Waals surface area (Å²) in [5.74, 6) is 0.596. The molecule has 0 unspecified atom stereocenters. The zero-order valence-corrected chi connectivity index (χ0v) is 11.3. The van der Waals surface area contributed by atoms with Crippen molar-refractivity contribution in [3.8, 4) is 11.5 Å². The van der Waals surface area contributed by atoms with Crippen molar-refractivity contribution >= 4 is 5.91 Å². The van der Waals surface area contributed by atoms with Crippen LogP contribution >= 0.6 is 0 Å². The van der Waals surface area contributed by atoms with Crippen LogP contribution in [0, 0.1) is 13.8 Å². The first-order valence-electron chi connectivity index (χ1n) is 6.15. The fourth-order valence-electron chi connectivity index (χ4n) is 1.94. The molecule has 5 nitrogen and oxygen atoms in total. The minimum absolute atomic E-state index is 0.309. The van der Waals surface area contributed by atoms with Gasteiger partial charge in [-0.25, -0.2) is 0 Å². The highest BCUT2D eigenvalue weighted by Crippen LogP contribution is 2.30. The number of nitrogens with two attached hydrogens (primary N) is 1. The van der Waals surface area contributed by atoms with E-state index in [-0.39, 0.29) is 0 Å². The molecule has 19 heavy (non-hydrogen) atoms. The Bertz CT molecular complexity index is 617. The second-order valence-electron chi connectivity index (χ2n) is 4.31. The summed E-state index contributed by atoms with van der Waals surface area (Å²) >= 11 is 0. The molecule has 100 valence electrons. The van der Waals surface area contributed by atoms with Crippen molar-refractivity contribution in [2.24, 2.45) is 5.73 Å². The lowest BCUT2D eigenvalue weighted by Gasteiger charge is -2.09. The van der Waals surface area contributed by atoms with E-state index in [4.69, 9.17) is 10.5 Å². The second kappa shape index (κ2) is 5.14. The van der Waals surface area contributed by atoms with Gasteiger partial charge >= 0.3 is 0 Å². The third kappa shape index (κ3) is 2.45. The Labute approximate surface area is 112 Å². The molecule has 2 N–H and O–H groups in total. The summed E-state index contributed by atoms with van der Waals surface area (Å²) in [5, 5.41) is 4.27. The number of nitrogens with zero attached hydrogens (tertiary/aromatic N) is 2. The first-order chi connectivity index (χ1) is 9.04. The molecule has 0 bridgehead atoms. The van der Waals surface area contributed by atoms with Gasteiger partial charge in [-0.2, -0.15) is 5.10 Å². The van der Waals surface area contributed by atoms with Crippen LogP contribution in [0.2, 0.25) is 0 Å². The van der Waals surface area contributed by atoms with Crippen LogP contribution in [0.1, 0.15) is 28.7 Å². The van der Waals surface area contributed by atoms with Crippen molar-refractivity contribution in [3.63, 3.8) is 0 Å². The number of carbonyl (C=O) groups excluding carboxylic acids is 1. The Hall–Kier alpha value is -2.30. The summed E-state index contributed by atoms with van der Waals surface area (Å²) in [5.41, 5.74) is 7.36. The monoisotopic (exact) mass is 259 g/mol. The predicted molar refractivity (Wildman–Crippen MR) is 72.4 cm³/mol. The lowest BCUT2D eigenvalue weighted by atomic mass is 10.2. The molecule has 0 saturated heterocycles. The zero-order chi connectivity index (χ0) is 14.0. The standard InChI is InChI=1S/C14H17N3O2/c1-4-17-12(14(15)18)13(10(3)16-17)19-11-8-6-5-7-9(11)2/h5-8H,4H2,1-3H3,(H2,15,18). The van der Waals surface area contributed by atoms with Crippen molar-refractivity contribution in [3.05, 3.63) is 41.2 Å². The van der Waals surface area contributed by atoms with Crippen LogP contribution in [0.15, 0.2) is 24.3 Å². The molecule has 0 saturated carbocycles. The first-order valence-corrected chi connectivity index (χ1v) is 6.15. The topological polar surface area (TPSA) is 70.1 Å². The smallest absolute Gasteiger partial charge is 0.270 e. The van der Waals surface area contributed by atoms with Gasteiger partial charge in [0.1, 0.15) is 11.4 Å². The number of hydrogen-bond donors (Lipinski definition) is 1. The normalized spacial score (nSPS) is 10.5. The molecule has 0 aliphatic heterocycles. The molecule has 1 heterocycles. The van der Waals surface area contributed by atoms with Gasteiger partial charge in [0.2, 0.25) is 0 Å². The van der Waals surface area contributed by atoms with Crippen LogP contribution in [-0.2, 0) is 6.54 Å². The number of ether oxygens (including phenoxy) is 1. The number of benzene rings is 1. The van der Waals surface area contributed by atoms with Crippen LogP contribution in [0.3, 0.4) is 0 Å². The van der Waals surface area contributed by atoms with Crippen molar-refractivity contribution in [2.45, 2.75) is 27.3 Å². The number of hydrogen-bond acceptors (Lipinski definition) is 3. The maximum absolute atomic E-state index is 11.6. The third-order valence-electron chi connectivity index (χ3n) is 2.91. The number of primary amides is 1. The van der Waals surface area contributed by atoms with E-state index in [0.717, 1.165) is 5.56 Å². The van der Waals surface area contributed by atoms with Gasteiger partial charge in [0.25, 0.3) is 5.91 Å². The molecule has 0 aliphatic carbocycles. The molecule has 1 aromatic carbocycles. The SMILES string of the molecule is CCn1nc(C)c(Oc2ccccc2C)c1C(N)=O. The van der Waals surface area contributed by atoms with Gasteiger partial charge in [0.05, 0.1) is 0 Å². The molecule has 0 aliphatic rings. The molecule has 0 radical (unpaired) electrons. The van der Waals surface area contributed by atoms with Gasteiger partial charge < -0.3 is 10.5 Å². The number of para-hydroxylation sites is 1. The van der Waals surface area contributed by atoms with Crippen LogP contribution in [-0.4, -0.2) is 15.7 Å². The first kappa shape index (κ1) is 13.1. The Morgan fingerprint density at radius 1 is 1.37 bits per heavy atom. The molecule has 5 heteroatoms. The van der Waals surface area contributed by atoms with Gasteiger partial charge in [0.15, 0.2) is 11.4 Å².